The topological polar surface area (TPSA) is 99.2 Å². The fourth-order valence-electron chi connectivity index (χ4n) is 2.65. The molecule has 3 N–H and O–H groups in total. The number of para-hydroxylation sites is 1. The average molecular weight is 332 g/mol. The Hall–Kier alpha value is -2.41. The van der Waals surface area contributed by atoms with Crippen LogP contribution in [-0.2, 0) is 9.59 Å². The van der Waals surface area contributed by atoms with E-state index in [0.717, 1.165) is 12.8 Å². The van der Waals surface area contributed by atoms with Crippen LogP contribution in [0.2, 0.25) is 0 Å². The van der Waals surface area contributed by atoms with Gasteiger partial charge in [-0.1, -0.05) is 31.5 Å². The maximum absolute atomic E-state index is 12.7. The smallest absolute Gasteiger partial charge is 0.270 e. The third kappa shape index (κ3) is 4.11. The minimum atomic E-state index is -0.673. The number of unbranched alkanes of at least 4 members (excludes halogenated alkanes) is 1. The molecule has 0 bridgehead atoms. The maximum Gasteiger partial charge on any atom is 0.270 e. The molecule has 1 unspecified atom stereocenters. The normalized spacial score (nSPS) is 16.8. The van der Waals surface area contributed by atoms with E-state index in [1.165, 1.54) is 5.01 Å². The number of nitrogens with zero attached hydrogens (tertiary/aromatic N) is 3. The molecule has 2 rings (SSSR count). The van der Waals surface area contributed by atoms with Gasteiger partial charge in [-0.3, -0.25) is 14.6 Å². The van der Waals surface area contributed by atoms with Crippen molar-refractivity contribution >= 4 is 23.2 Å². The van der Waals surface area contributed by atoms with Crippen molar-refractivity contribution in [2.24, 2.45) is 10.8 Å². The summed E-state index contributed by atoms with van der Waals surface area (Å²) in [6.07, 6.45) is 1.97. The molecule has 1 atom stereocenters. The molecule has 0 radical (unpaired) electrons. The van der Waals surface area contributed by atoms with Crippen LogP contribution in [-0.4, -0.2) is 53.3 Å². The molecule has 0 fully saturated rings. The van der Waals surface area contributed by atoms with E-state index in [-0.39, 0.29) is 25.5 Å². The number of hydrazone groups is 1. The van der Waals surface area contributed by atoms with Crippen molar-refractivity contribution in [3.05, 3.63) is 30.3 Å². The van der Waals surface area contributed by atoms with Crippen molar-refractivity contribution in [2.75, 3.05) is 24.7 Å². The molecule has 0 saturated carbocycles. The van der Waals surface area contributed by atoms with Crippen molar-refractivity contribution in [2.45, 2.75) is 32.2 Å². The summed E-state index contributed by atoms with van der Waals surface area (Å²) in [6.45, 7) is 2.74. The van der Waals surface area contributed by atoms with Crippen LogP contribution in [0, 0.1) is 0 Å². The minimum absolute atomic E-state index is 0.107. The van der Waals surface area contributed by atoms with Crippen molar-refractivity contribution in [3.63, 3.8) is 0 Å². The highest BCUT2D eigenvalue weighted by molar-refractivity contribution is 6.40. The molecule has 0 aromatic heterocycles. The molecule has 1 aliphatic heterocycles. The summed E-state index contributed by atoms with van der Waals surface area (Å²) in [7, 11) is 0. The summed E-state index contributed by atoms with van der Waals surface area (Å²) in [4.78, 5) is 26.0. The van der Waals surface area contributed by atoms with Gasteiger partial charge in [0.15, 0.2) is 0 Å². The van der Waals surface area contributed by atoms with Gasteiger partial charge in [-0.25, -0.2) is 0 Å². The van der Waals surface area contributed by atoms with E-state index in [2.05, 4.69) is 5.10 Å². The molecule has 7 nitrogen and oxygen atoms in total. The lowest BCUT2D eigenvalue weighted by Gasteiger charge is -2.21. The van der Waals surface area contributed by atoms with Crippen molar-refractivity contribution in [1.82, 2.24) is 4.90 Å². The molecule has 1 aromatic rings. The zero-order valence-electron chi connectivity index (χ0n) is 13.9. The molecule has 130 valence electrons. The Morgan fingerprint density at radius 2 is 2.04 bits per heavy atom. The Morgan fingerprint density at radius 3 is 2.62 bits per heavy atom. The number of aliphatic hydroxyl groups excluding tert-OH is 1. The van der Waals surface area contributed by atoms with E-state index in [0.29, 0.717) is 17.9 Å². The molecule has 24 heavy (non-hydrogen) atoms. The second-order valence-electron chi connectivity index (χ2n) is 5.72. The number of hydrogen-bond acceptors (Lipinski definition) is 5. The van der Waals surface area contributed by atoms with E-state index < -0.39 is 11.9 Å². The molecule has 1 aromatic carbocycles. The molecular formula is C17H24N4O3. The zero-order chi connectivity index (χ0) is 17.5. The first-order valence-electron chi connectivity index (χ1n) is 8.19. The summed E-state index contributed by atoms with van der Waals surface area (Å²) >= 11 is 0. The van der Waals surface area contributed by atoms with Crippen molar-refractivity contribution in [3.8, 4) is 0 Å². The number of rotatable bonds is 8. The van der Waals surface area contributed by atoms with E-state index in [1.807, 2.05) is 37.3 Å². The summed E-state index contributed by atoms with van der Waals surface area (Å²) in [6, 6.07) is 8.49. The van der Waals surface area contributed by atoms with Crippen molar-refractivity contribution in [1.29, 1.82) is 0 Å². The van der Waals surface area contributed by atoms with Gasteiger partial charge in [-0.15, -0.1) is 0 Å². The lowest BCUT2D eigenvalue weighted by atomic mass is 10.1. The molecular weight excluding hydrogens is 308 g/mol. The van der Waals surface area contributed by atoms with Crippen molar-refractivity contribution < 1.29 is 14.7 Å². The maximum atomic E-state index is 12.7. The Balaban J connectivity index is 2.22. The zero-order valence-corrected chi connectivity index (χ0v) is 13.9. The molecule has 1 heterocycles. The van der Waals surface area contributed by atoms with Gasteiger partial charge in [0, 0.05) is 19.5 Å². The van der Waals surface area contributed by atoms with Gasteiger partial charge in [-0.2, -0.15) is 5.10 Å². The molecule has 2 amide bonds. The SMILES string of the molecule is CCCCN(CCO)C(=O)C1=NN(c2ccccc2)C(C(N)=O)C1. The highest BCUT2D eigenvalue weighted by Crippen LogP contribution is 2.24. The summed E-state index contributed by atoms with van der Waals surface area (Å²) in [5.41, 5.74) is 6.50. The highest BCUT2D eigenvalue weighted by atomic mass is 16.3. The van der Waals surface area contributed by atoms with Crippen LogP contribution in [0.15, 0.2) is 35.4 Å². The molecule has 7 heteroatoms. The van der Waals surface area contributed by atoms with Gasteiger partial charge < -0.3 is 15.7 Å². The third-order valence-corrected chi connectivity index (χ3v) is 3.95. The Morgan fingerprint density at radius 1 is 1.33 bits per heavy atom. The average Bonchev–Trinajstić information content (AvgIpc) is 3.04. The lowest BCUT2D eigenvalue weighted by molar-refractivity contribution is -0.124. The number of nitrogens with two attached hydrogens (primary N) is 1. The summed E-state index contributed by atoms with van der Waals surface area (Å²) in [5, 5.41) is 15.0. The van der Waals surface area contributed by atoms with Gasteiger partial charge in [-0.05, 0) is 18.6 Å². The quantitative estimate of drug-likeness (QED) is 0.733. The fourth-order valence-corrected chi connectivity index (χ4v) is 2.65. The number of aliphatic hydroxyl groups is 1. The van der Waals surface area contributed by atoms with Gasteiger partial charge in [0.05, 0.1) is 12.3 Å². The number of carbonyl (C=O) groups is 2. The van der Waals surface area contributed by atoms with Crippen LogP contribution in [0.25, 0.3) is 0 Å². The lowest BCUT2D eigenvalue weighted by Crippen LogP contribution is -2.41. The van der Waals surface area contributed by atoms with Gasteiger partial charge >= 0.3 is 0 Å². The first kappa shape index (κ1) is 17.9. The minimum Gasteiger partial charge on any atom is -0.395 e. The number of carbonyl (C=O) groups excluding carboxylic acids is 2. The predicted octanol–water partition coefficient (Wildman–Crippen LogP) is 0.728. The largest absolute Gasteiger partial charge is 0.395 e. The number of anilines is 1. The third-order valence-electron chi connectivity index (χ3n) is 3.95. The van der Waals surface area contributed by atoms with Crippen LogP contribution in [0.3, 0.4) is 0 Å². The van der Waals surface area contributed by atoms with Crippen LogP contribution < -0.4 is 10.7 Å². The van der Waals surface area contributed by atoms with E-state index in [9.17, 15) is 14.7 Å². The Kier molecular flexibility index (Phi) is 6.31. The van der Waals surface area contributed by atoms with Crippen LogP contribution in [0.1, 0.15) is 26.2 Å². The molecule has 1 aliphatic rings. The summed E-state index contributed by atoms with van der Waals surface area (Å²) < 4.78 is 0. The van der Waals surface area contributed by atoms with Crippen LogP contribution >= 0.6 is 0 Å². The van der Waals surface area contributed by atoms with Crippen LogP contribution in [0.4, 0.5) is 5.69 Å². The van der Waals surface area contributed by atoms with E-state index >= 15 is 0 Å². The number of primary amides is 1. The van der Waals surface area contributed by atoms with Gasteiger partial charge in [0.1, 0.15) is 11.8 Å². The van der Waals surface area contributed by atoms with Gasteiger partial charge in [0.25, 0.3) is 5.91 Å². The Bertz CT molecular complexity index is 603. The number of hydrogen-bond donors (Lipinski definition) is 2. The van der Waals surface area contributed by atoms with Crippen LogP contribution in [0.5, 0.6) is 0 Å². The highest BCUT2D eigenvalue weighted by Gasteiger charge is 2.36. The van der Waals surface area contributed by atoms with E-state index in [4.69, 9.17) is 5.73 Å². The number of amides is 2. The number of benzene rings is 1. The first-order valence-corrected chi connectivity index (χ1v) is 8.19. The predicted molar refractivity (Wildman–Crippen MR) is 92.5 cm³/mol. The molecule has 0 saturated heterocycles. The fraction of sp³-hybridized carbons (Fsp3) is 0.471. The first-order chi connectivity index (χ1) is 11.6. The second kappa shape index (κ2) is 8.44. The molecule has 0 spiro atoms. The van der Waals surface area contributed by atoms with Gasteiger partial charge in [0.2, 0.25) is 5.91 Å². The second-order valence-corrected chi connectivity index (χ2v) is 5.72. The monoisotopic (exact) mass is 332 g/mol. The standard InChI is InChI=1S/C17H24N4O3/c1-2-3-9-20(10-11-22)17(24)14-12-15(16(18)23)21(19-14)13-7-5-4-6-8-13/h4-8,15,22H,2-3,9-12H2,1H3,(H2,18,23). The van der Waals surface area contributed by atoms with E-state index in [1.54, 1.807) is 4.90 Å². The summed E-state index contributed by atoms with van der Waals surface area (Å²) in [5.74, 6) is -0.769. The molecule has 0 aliphatic carbocycles. The Labute approximate surface area is 141 Å².